The smallest absolute Gasteiger partial charge is 0.324 e. The first kappa shape index (κ1) is 27.9. The van der Waals surface area contributed by atoms with Gasteiger partial charge in [-0.15, -0.1) is 0 Å². The lowest BCUT2D eigenvalue weighted by Crippen LogP contribution is -2.43. The number of hydrogen-bond acceptors (Lipinski definition) is 7. The van der Waals surface area contributed by atoms with Crippen molar-refractivity contribution in [1.82, 2.24) is 9.71 Å². The van der Waals surface area contributed by atoms with Crippen molar-refractivity contribution in [1.29, 1.82) is 0 Å². The van der Waals surface area contributed by atoms with E-state index >= 15 is 0 Å². The monoisotopic (exact) mass is 517 g/mol. The van der Waals surface area contributed by atoms with E-state index < -0.39 is 22.0 Å². The Morgan fingerprint density at radius 2 is 1.81 bits per heavy atom. The minimum atomic E-state index is -3.55. The summed E-state index contributed by atoms with van der Waals surface area (Å²) in [6.07, 6.45) is 9.76. The second-order valence-corrected chi connectivity index (χ2v) is 11.2. The van der Waals surface area contributed by atoms with Crippen LogP contribution in [-0.4, -0.2) is 58.0 Å². The SMILES string of the molecule is CCCCS(=O)(=O)NC(Cc1ccc(OCCCC2CCN(c3ccncc3)CC2)cc1)C(=O)OC. The number of hydrogen-bond donors (Lipinski definition) is 1. The highest BCUT2D eigenvalue weighted by Crippen LogP contribution is 2.26. The first-order valence-corrected chi connectivity index (χ1v) is 14.5. The predicted molar refractivity (Wildman–Crippen MR) is 142 cm³/mol. The molecule has 0 amide bonds. The van der Waals surface area contributed by atoms with Crippen LogP contribution >= 0.6 is 0 Å². The Labute approximate surface area is 215 Å². The van der Waals surface area contributed by atoms with Crippen molar-refractivity contribution in [3.63, 3.8) is 0 Å². The van der Waals surface area contributed by atoms with E-state index in [1.54, 1.807) is 0 Å². The third-order valence-electron chi connectivity index (χ3n) is 6.61. The molecule has 1 aliphatic rings. The molecule has 2 heterocycles. The number of nitrogens with one attached hydrogen (secondary N) is 1. The summed E-state index contributed by atoms with van der Waals surface area (Å²) in [4.78, 5) is 18.7. The van der Waals surface area contributed by atoms with Crippen molar-refractivity contribution in [3.05, 3.63) is 54.4 Å². The fourth-order valence-corrected chi connectivity index (χ4v) is 5.88. The van der Waals surface area contributed by atoms with E-state index in [9.17, 15) is 13.2 Å². The van der Waals surface area contributed by atoms with Gasteiger partial charge in [-0.2, -0.15) is 0 Å². The summed E-state index contributed by atoms with van der Waals surface area (Å²) in [6, 6.07) is 10.6. The summed E-state index contributed by atoms with van der Waals surface area (Å²) >= 11 is 0. The van der Waals surface area contributed by atoms with Crippen LogP contribution in [0.2, 0.25) is 0 Å². The van der Waals surface area contributed by atoms with Crippen molar-refractivity contribution >= 4 is 21.7 Å². The first-order chi connectivity index (χ1) is 17.4. The van der Waals surface area contributed by atoms with Gasteiger partial charge in [0.05, 0.1) is 19.5 Å². The van der Waals surface area contributed by atoms with Gasteiger partial charge in [0.25, 0.3) is 0 Å². The highest BCUT2D eigenvalue weighted by atomic mass is 32.2. The van der Waals surface area contributed by atoms with Crippen molar-refractivity contribution in [2.75, 3.05) is 37.5 Å². The van der Waals surface area contributed by atoms with E-state index in [-0.39, 0.29) is 12.2 Å². The van der Waals surface area contributed by atoms with Gasteiger partial charge in [-0.1, -0.05) is 25.5 Å². The molecule has 2 aromatic rings. The van der Waals surface area contributed by atoms with E-state index in [1.807, 2.05) is 43.6 Å². The number of piperidine rings is 1. The number of anilines is 1. The number of pyridine rings is 1. The van der Waals surface area contributed by atoms with E-state index in [2.05, 4.69) is 26.7 Å². The molecule has 0 bridgehead atoms. The summed E-state index contributed by atoms with van der Waals surface area (Å²) < 4.78 is 37.7. The lowest BCUT2D eigenvalue weighted by molar-refractivity contribution is -0.142. The van der Waals surface area contributed by atoms with Crippen molar-refractivity contribution in [3.8, 4) is 5.75 Å². The molecule has 9 heteroatoms. The summed E-state index contributed by atoms with van der Waals surface area (Å²) in [7, 11) is -2.29. The molecule has 0 spiro atoms. The number of ether oxygens (including phenoxy) is 2. The molecule has 1 unspecified atom stereocenters. The molecular formula is C27H39N3O5S. The molecule has 1 aliphatic heterocycles. The van der Waals surface area contributed by atoms with E-state index in [4.69, 9.17) is 9.47 Å². The van der Waals surface area contributed by atoms with Gasteiger partial charge in [-0.25, -0.2) is 13.1 Å². The van der Waals surface area contributed by atoms with Crippen molar-refractivity contribution in [2.45, 2.75) is 57.9 Å². The highest BCUT2D eigenvalue weighted by Gasteiger charge is 2.25. The molecule has 1 aromatic heterocycles. The maximum atomic E-state index is 12.3. The van der Waals surface area contributed by atoms with Crippen LogP contribution in [0.4, 0.5) is 5.69 Å². The molecular weight excluding hydrogens is 478 g/mol. The molecule has 1 saturated heterocycles. The van der Waals surface area contributed by atoms with Crippen LogP contribution < -0.4 is 14.4 Å². The second kappa shape index (κ2) is 14.2. The quantitative estimate of drug-likeness (QED) is 0.299. The van der Waals surface area contributed by atoms with Gasteiger partial charge < -0.3 is 14.4 Å². The Kier molecular flexibility index (Phi) is 11.0. The number of rotatable bonds is 14. The maximum Gasteiger partial charge on any atom is 0.324 e. The number of esters is 1. The third kappa shape index (κ3) is 9.09. The molecule has 1 atom stereocenters. The zero-order valence-corrected chi connectivity index (χ0v) is 22.2. The Balaban J connectivity index is 1.39. The number of carbonyl (C=O) groups excluding carboxylic acids is 1. The number of nitrogens with zero attached hydrogens (tertiary/aromatic N) is 2. The third-order valence-corrected chi connectivity index (χ3v) is 8.07. The average Bonchev–Trinajstić information content (AvgIpc) is 2.90. The Bertz CT molecular complexity index is 1020. The van der Waals surface area contributed by atoms with Crippen LogP contribution in [0.5, 0.6) is 5.75 Å². The Morgan fingerprint density at radius 3 is 2.44 bits per heavy atom. The highest BCUT2D eigenvalue weighted by molar-refractivity contribution is 7.89. The molecule has 8 nitrogen and oxygen atoms in total. The van der Waals surface area contributed by atoms with Gasteiger partial charge in [0, 0.05) is 31.2 Å². The van der Waals surface area contributed by atoms with Gasteiger partial charge in [-0.3, -0.25) is 9.78 Å². The number of aromatic nitrogens is 1. The van der Waals surface area contributed by atoms with Crippen LogP contribution in [0.25, 0.3) is 0 Å². The molecule has 1 aromatic carbocycles. The van der Waals surface area contributed by atoms with Crippen molar-refractivity contribution < 1.29 is 22.7 Å². The van der Waals surface area contributed by atoms with Gasteiger partial charge in [-0.05, 0) is 74.3 Å². The van der Waals surface area contributed by atoms with Crippen LogP contribution in [0, 0.1) is 5.92 Å². The van der Waals surface area contributed by atoms with E-state index in [1.165, 1.54) is 25.6 Å². The normalized spacial score (nSPS) is 15.4. The predicted octanol–water partition coefficient (Wildman–Crippen LogP) is 3.96. The number of unbranched alkanes of at least 4 members (excludes halogenated alkanes) is 1. The topological polar surface area (TPSA) is 97.8 Å². The first-order valence-electron chi connectivity index (χ1n) is 12.8. The summed E-state index contributed by atoms with van der Waals surface area (Å²) in [5.41, 5.74) is 2.08. The molecule has 36 heavy (non-hydrogen) atoms. The van der Waals surface area contributed by atoms with Crippen LogP contribution in [0.3, 0.4) is 0 Å². The summed E-state index contributed by atoms with van der Waals surface area (Å²) in [5.74, 6) is 0.894. The lowest BCUT2D eigenvalue weighted by Gasteiger charge is -2.33. The maximum absolute atomic E-state index is 12.3. The zero-order chi connectivity index (χ0) is 25.8. The minimum Gasteiger partial charge on any atom is -0.494 e. The minimum absolute atomic E-state index is 0.00632. The van der Waals surface area contributed by atoms with E-state index in [0.29, 0.717) is 13.0 Å². The van der Waals surface area contributed by atoms with Crippen LogP contribution in [-0.2, 0) is 26.0 Å². The largest absolute Gasteiger partial charge is 0.494 e. The Morgan fingerprint density at radius 1 is 1.11 bits per heavy atom. The fourth-order valence-electron chi connectivity index (χ4n) is 4.48. The number of carbonyl (C=O) groups is 1. The average molecular weight is 518 g/mol. The zero-order valence-electron chi connectivity index (χ0n) is 21.4. The van der Waals surface area contributed by atoms with Gasteiger partial charge in [0.2, 0.25) is 10.0 Å². The fraction of sp³-hybridized carbons (Fsp3) is 0.556. The van der Waals surface area contributed by atoms with Crippen LogP contribution in [0.1, 0.15) is 51.0 Å². The van der Waals surface area contributed by atoms with E-state index in [0.717, 1.165) is 49.6 Å². The molecule has 3 rings (SSSR count). The van der Waals surface area contributed by atoms with Gasteiger partial charge >= 0.3 is 5.97 Å². The molecule has 198 valence electrons. The summed E-state index contributed by atoms with van der Waals surface area (Å²) in [5, 5.41) is 0. The van der Waals surface area contributed by atoms with Crippen LogP contribution in [0.15, 0.2) is 48.8 Å². The number of benzene rings is 1. The molecule has 0 saturated carbocycles. The lowest BCUT2D eigenvalue weighted by atomic mass is 9.92. The molecule has 1 N–H and O–H groups in total. The molecule has 0 aliphatic carbocycles. The summed E-state index contributed by atoms with van der Waals surface area (Å²) in [6.45, 7) is 4.74. The molecule has 1 fully saturated rings. The van der Waals surface area contributed by atoms with Gasteiger partial charge in [0.1, 0.15) is 11.8 Å². The second-order valence-electron chi connectivity index (χ2n) is 9.34. The number of methoxy groups -OCH3 is 1. The Hall–Kier alpha value is -2.65. The standard InChI is InChI=1S/C27H39N3O5S/c1-3-4-20-36(32,33)29-26(27(31)34-2)21-23-7-9-25(10-8-23)35-19-5-6-22-13-17-30(18-14-22)24-11-15-28-16-12-24/h7-12,15-16,22,26,29H,3-6,13-14,17-21H2,1-2H3. The van der Waals surface area contributed by atoms with Gasteiger partial charge in [0.15, 0.2) is 0 Å². The number of sulfonamides is 1. The van der Waals surface area contributed by atoms with Crippen molar-refractivity contribution in [2.24, 2.45) is 5.92 Å². The molecule has 0 radical (unpaired) electrons.